The molecule has 4 rings (SSSR count). The molecule has 1 aromatic heterocycles. The fourth-order valence-corrected chi connectivity index (χ4v) is 5.94. The van der Waals surface area contributed by atoms with Gasteiger partial charge in [0.25, 0.3) is 5.91 Å². The number of nitrogens with one attached hydrogen (secondary N) is 1. The third-order valence-corrected chi connectivity index (χ3v) is 8.08. The van der Waals surface area contributed by atoms with Crippen LogP contribution in [0.15, 0.2) is 41.3 Å². The lowest BCUT2D eigenvalue weighted by Crippen LogP contribution is -2.41. The van der Waals surface area contributed by atoms with Gasteiger partial charge in [0.05, 0.1) is 41.2 Å². The number of sulfonamides is 1. The number of cyclic esters (lactones) is 1. The van der Waals surface area contributed by atoms with Crippen LogP contribution in [0.3, 0.4) is 0 Å². The van der Waals surface area contributed by atoms with Gasteiger partial charge in [0, 0.05) is 13.1 Å². The molecule has 0 spiro atoms. The Morgan fingerprint density at radius 1 is 1.19 bits per heavy atom. The third kappa shape index (κ3) is 4.70. The van der Waals surface area contributed by atoms with Crippen LogP contribution in [-0.4, -0.2) is 70.2 Å². The van der Waals surface area contributed by atoms with Gasteiger partial charge in [-0.25, -0.2) is 13.2 Å². The number of halogens is 1. The second kappa shape index (κ2) is 9.13. The summed E-state index contributed by atoms with van der Waals surface area (Å²) in [6.07, 6.45) is -1.28. The number of ether oxygens (including phenoxy) is 2. The van der Waals surface area contributed by atoms with Crippen LogP contribution in [0, 0.1) is 0 Å². The SMILES string of the molecule is O=C(NC[C@H]1CN(c2ccccc2S(=O)(=O)N2CCOCC2)C(=O)O1)c1ccc(Cl)s1. The number of anilines is 1. The Hall–Kier alpha value is -2.18. The molecule has 2 aliphatic heterocycles. The van der Waals surface area contributed by atoms with E-state index in [4.69, 9.17) is 21.1 Å². The zero-order valence-electron chi connectivity index (χ0n) is 16.3. The normalized spacial score (nSPS) is 20.0. The van der Waals surface area contributed by atoms with E-state index in [-0.39, 0.29) is 42.7 Å². The molecule has 2 aromatic rings. The summed E-state index contributed by atoms with van der Waals surface area (Å²) in [4.78, 5) is 26.5. The Bertz CT molecular complexity index is 1080. The minimum absolute atomic E-state index is 0.0340. The van der Waals surface area contributed by atoms with Gasteiger partial charge in [-0.2, -0.15) is 4.31 Å². The third-order valence-electron chi connectivity index (χ3n) is 4.91. The molecule has 1 atom stereocenters. The maximum absolute atomic E-state index is 13.2. The summed E-state index contributed by atoms with van der Waals surface area (Å²) in [6, 6.07) is 9.57. The highest BCUT2D eigenvalue weighted by Gasteiger charge is 2.37. The summed E-state index contributed by atoms with van der Waals surface area (Å²) in [7, 11) is -3.81. The van der Waals surface area contributed by atoms with Crippen LogP contribution < -0.4 is 10.2 Å². The van der Waals surface area contributed by atoms with Gasteiger partial charge in [0.15, 0.2) is 0 Å². The van der Waals surface area contributed by atoms with Crippen molar-refractivity contribution in [2.45, 2.75) is 11.0 Å². The molecule has 2 aliphatic rings. The number of hydrogen-bond donors (Lipinski definition) is 1. The van der Waals surface area contributed by atoms with Crippen LogP contribution in [0.5, 0.6) is 0 Å². The van der Waals surface area contributed by atoms with Gasteiger partial charge in [0.1, 0.15) is 11.0 Å². The average Bonchev–Trinajstić information content (AvgIpc) is 3.38. The van der Waals surface area contributed by atoms with Crippen molar-refractivity contribution in [3.05, 3.63) is 45.6 Å². The van der Waals surface area contributed by atoms with Crippen LogP contribution in [0.1, 0.15) is 9.67 Å². The second-order valence-corrected chi connectivity index (χ2v) is 10.5. The van der Waals surface area contributed by atoms with Crippen molar-refractivity contribution < 1.29 is 27.5 Å². The minimum Gasteiger partial charge on any atom is -0.442 e. The number of thiophene rings is 1. The molecule has 9 nitrogen and oxygen atoms in total. The summed E-state index contributed by atoms with van der Waals surface area (Å²) >= 11 is 7.00. The van der Waals surface area contributed by atoms with Crippen LogP contribution >= 0.6 is 22.9 Å². The maximum Gasteiger partial charge on any atom is 0.414 e. The lowest BCUT2D eigenvalue weighted by atomic mass is 10.2. The van der Waals surface area contributed by atoms with E-state index < -0.39 is 22.2 Å². The second-order valence-electron chi connectivity index (χ2n) is 6.91. The number of rotatable bonds is 6. The Balaban J connectivity index is 1.48. The van der Waals surface area contributed by atoms with Crippen molar-refractivity contribution in [2.24, 2.45) is 0 Å². The van der Waals surface area contributed by atoms with Gasteiger partial charge in [-0.3, -0.25) is 9.69 Å². The number of carbonyl (C=O) groups is 2. The zero-order chi connectivity index (χ0) is 22.0. The summed E-state index contributed by atoms with van der Waals surface area (Å²) in [5.41, 5.74) is 0.248. The average molecular weight is 486 g/mol. The molecule has 12 heteroatoms. The first-order valence-electron chi connectivity index (χ1n) is 9.55. The van der Waals surface area contributed by atoms with Crippen molar-refractivity contribution >= 4 is 50.6 Å². The van der Waals surface area contributed by atoms with E-state index in [1.54, 1.807) is 30.3 Å². The molecule has 31 heavy (non-hydrogen) atoms. The van der Waals surface area contributed by atoms with Crippen molar-refractivity contribution in [1.29, 1.82) is 0 Å². The van der Waals surface area contributed by atoms with E-state index in [1.165, 1.54) is 15.3 Å². The molecular weight excluding hydrogens is 466 g/mol. The van der Waals surface area contributed by atoms with Gasteiger partial charge in [-0.15, -0.1) is 11.3 Å². The minimum atomic E-state index is -3.81. The molecule has 0 bridgehead atoms. The van der Waals surface area contributed by atoms with Crippen molar-refractivity contribution in [3.8, 4) is 0 Å². The number of para-hydroxylation sites is 1. The van der Waals surface area contributed by atoms with Crippen LogP contribution in [0.4, 0.5) is 10.5 Å². The molecule has 1 aromatic carbocycles. The number of amides is 2. The first-order valence-corrected chi connectivity index (χ1v) is 12.2. The van der Waals surface area contributed by atoms with Gasteiger partial charge < -0.3 is 14.8 Å². The monoisotopic (exact) mass is 485 g/mol. The quantitative estimate of drug-likeness (QED) is 0.672. The van der Waals surface area contributed by atoms with E-state index in [0.29, 0.717) is 22.4 Å². The highest BCUT2D eigenvalue weighted by Crippen LogP contribution is 2.31. The standard InChI is InChI=1S/C19H20ClN3O6S2/c20-17-6-5-15(30-17)18(24)21-11-13-12-23(19(25)29-13)14-3-1-2-4-16(14)31(26,27)22-7-9-28-10-8-22/h1-6,13H,7-12H2,(H,21,24)/t13-/m0/s1. The molecule has 0 aliphatic carbocycles. The predicted molar refractivity (Wildman–Crippen MR) is 115 cm³/mol. The first kappa shape index (κ1) is 22.0. The number of hydrogen-bond acceptors (Lipinski definition) is 7. The molecule has 3 heterocycles. The number of morpholine rings is 1. The number of nitrogens with zero attached hydrogens (tertiary/aromatic N) is 2. The highest BCUT2D eigenvalue weighted by atomic mass is 35.5. The Kier molecular flexibility index (Phi) is 6.49. The van der Waals surface area contributed by atoms with E-state index >= 15 is 0 Å². The lowest BCUT2D eigenvalue weighted by molar-refractivity contribution is 0.0730. The number of benzene rings is 1. The molecule has 2 fully saturated rings. The maximum atomic E-state index is 13.2. The smallest absolute Gasteiger partial charge is 0.414 e. The van der Waals surface area contributed by atoms with Crippen molar-refractivity contribution in [1.82, 2.24) is 9.62 Å². The summed E-state index contributed by atoms with van der Waals surface area (Å²) in [6.45, 7) is 1.36. The van der Waals surface area contributed by atoms with Crippen LogP contribution in [-0.2, 0) is 19.5 Å². The Morgan fingerprint density at radius 3 is 2.65 bits per heavy atom. The first-order chi connectivity index (χ1) is 14.9. The molecule has 166 valence electrons. The molecule has 0 saturated carbocycles. The molecule has 0 unspecified atom stereocenters. The van der Waals surface area contributed by atoms with E-state index in [2.05, 4.69) is 5.32 Å². The Morgan fingerprint density at radius 2 is 1.94 bits per heavy atom. The number of carbonyl (C=O) groups excluding carboxylic acids is 2. The van der Waals surface area contributed by atoms with E-state index in [9.17, 15) is 18.0 Å². The molecule has 1 N–H and O–H groups in total. The van der Waals surface area contributed by atoms with E-state index in [0.717, 1.165) is 11.3 Å². The Labute approximate surface area is 188 Å². The van der Waals surface area contributed by atoms with Crippen LogP contribution in [0.2, 0.25) is 4.34 Å². The van der Waals surface area contributed by atoms with Gasteiger partial charge >= 0.3 is 6.09 Å². The summed E-state index contributed by atoms with van der Waals surface area (Å²) in [5, 5.41) is 2.71. The van der Waals surface area contributed by atoms with Gasteiger partial charge in [-0.1, -0.05) is 23.7 Å². The van der Waals surface area contributed by atoms with Gasteiger partial charge in [0.2, 0.25) is 10.0 Å². The molecular formula is C19H20ClN3O6S2. The summed E-state index contributed by atoms with van der Waals surface area (Å²) < 4.78 is 38.7. The fraction of sp³-hybridized carbons (Fsp3) is 0.368. The molecule has 2 amide bonds. The van der Waals surface area contributed by atoms with Crippen molar-refractivity contribution in [2.75, 3.05) is 44.3 Å². The van der Waals surface area contributed by atoms with Crippen molar-refractivity contribution in [3.63, 3.8) is 0 Å². The van der Waals surface area contributed by atoms with Crippen LogP contribution in [0.25, 0.3) is 0 Å². The predicted octanol–water partition coefficient (Wildman–Crippen LogP) is 2.18. The molecule has 0 radical (unpaired) electrons. The zero-order valence-corrected chi connectivity index (χ0v) is 18.7. The highest BCUT2D eigenvalue weighted by molar-refractivity contribution is 7.89. The fourth-order valence-electron chi connectivity index (χ4n) is 3.38. The van der Waals surface area contributed by atoms with E-state index in [1.807, 2.05) is 0 Å². The topological polar surface area (TPSA) is 105 Å². The van der Waals surface area contributed by atoms with Gasteiger partial charge in [-0.05, 0) is 24.3 Å². The largest absolute Gasteiger partial charge is 0.442 e. The molecule has 2 saturated heterocycles. The lowest BCUT2D eigenvalue weighted by Gasteiger charge is -2.27. The summed E-state index contributed by atoms with van der Waals surface area (Å²) in [5.74, 6) is -0.318.